The fourth-order valence-electron chi connectivity index (χ4n) is 3.47. The summed E-state index contributed by atoms with van der Waals surface area (Å²) in [4.78, 5) is 39.8. The van der Waals surface area contributed by atoms with E-state index in [1.165, 1.54) is 20.3 Å². The number of esters is 2. The monoisotopic (exact) mass is 469 g/mol. The molecule has 1 aliphatic heterocycles. The molecule has 4 rings (SSSR count). The van der Waals surface area contributed by atoms with Crippen molar-refractivity contribution in [1.29, 1.82) is 0 Å². The summed E-state index contributed by atoms with van der Waals surface area (Å²) in [5, 5.41) is 3.25. The first-order valence-electron chi connectivity index (χ1n) is 10.7. The molecule has 3 heterocycles. The number of pyridine rings is 1. The molecule has 3 aromatic rings. The molecule has 1 aliphatic rings. The first-order valence-corrected chi connectivity index (χ1v) is 10.7. The van der Waals surface area contributed by atoms with Crippen molar-refractivity contribution in [3.8, 4) is 11.3 Å². The van der Waals surface area contributed by atoms with E-state index >= 15 is 0 Å². The number of ether oxygens (including phenoxy) is 2. The maximum absolute atomic E-state index is 12.7. The number of aromatic nitrogens is 3. The molecule has 0 aliphatic carbocycles. The highest BCUT2D eigenvalue weighted by atomic mass is 16.5. The predicted molar refractivity (Wildman–Crippen MR) is 132 cm³/mol. The maximum Gasteiger partial charge on any atom is 0.355 e. The molecule has 1 N–H and O–H groups in total. The van der Waals surface area contributed by atoms with Crippen molar-refractivity contribution in [1.82, 2.24) is 15.0 Å². The molecule has 35 heavy (non-hydrogen) atoms. The van der Waals surface area contributed by atoms with Gasteiger partial charge in [0, 0.05) is 41.7 Å². The molecule has 0 unspecified atom stereocenters. The van der Waals surface area contributed by atoms with Crippen LogP contribution in [0.4, 0.5) is 17.3 Å². The molecular formula is C26H23N5O4. The lowest BCUT2D eigenvalue weighted by molar-refractivity contribution is -0.139. The van der Waals surface area contributed by atoms with Crippen molar-refractivity contribution < 1.29 is 19.1 Å². The summed E-state index contributed by atoms with van der Waals surface area (Å²) in [7, 11) is 2.52. The number of aryl methyl sites for hydroxylation is 1. The Morgan fingerprint density at radius 1 is 1.00 bits per heavy atom. The zero-order chi connectivity index (χ0) is 24.8. The fourth-order valence-corrected chi connectivity index (χ4v) is 3.47. The van der Waals surface area contributed by atoms with Gasteiger partial charge in [0.25, 0.3) is 0 Å². The van der Waals surface area contributed by atoms with Crippen molar-refractivity contribution in [3.05, 3.63) is 96.3 Å². The first-order chi connectivity index (χ1) is 17.0. The second-order valence-corrected chi connectivity index (χ2v) is 7.45. The number of rotatable bonds is 6. The van der Waals surface area contributed by atoms with E-state index in [9.17, 15) is 9.59 Å². The van der Waals surface area contributed by atoms with Gasteiger partial charge in [0.15, 0.2) is 0 Å². The van der Waals surface area contributed by atoms with Crippen molar-refractivity contribution >= 4 is 29.3 Å². The summed E-state index contributed by atoms with van der Waals surface area (Å²) < 4.78 is 9.85. The van der Waals surface area contributed by atoms with E-state index in [1.807, 2.05) is 43.3 Å². The topological polar surface area (TPSA) is 107 Å². The lowest BCUT2D eigenvalue weighted by Crippen LogP contribution is -2.27. The highest BCUT2D eigenvalue weighted by molar-refractivity contribution is 6.05. The number of allylic oxidation sites excluding steroid dienone is 2. The largest absolute Gasteiger partial charge is 0.465 e. The van der Waals surface area contributed by atoms with Crippen LogP contribution in [0.25, 0.3) is 11.3 Å². The summed E-state index contributed by atoms with van der Waals surface area (Å²) >= 11 is 0. The number of benzene rings is 1. The van der Waals surface area contributed by atoms with Crippen LogP contribution in [-0.2, 0) is 19.1 Å². The van der Waals surface area contributed by atoms with Gasteiger partial charge in [-0.3, -0.25) is 4.98 Å². The summed E-state index contributed by atoms with van der Waals surface area (Å²) in [5.74, 6) is -0.927. The Morgan fingerprint density at radius 3 is 2.57 bits per heavy atom. The molecule has 0 fully saturated rings. The van der Waals surface area contributed by atoms with Gasteiger partial charge < -0.3 is 19.7 Å². The highest BCUT2D eigenvalue weighted by Crippen LogP contribution is 2.31. The van der Waals surface area contributed by atoms with Crippen LogP contribution in [-0.4, -0.2) is 41.1 Å². The van der Waals surface area contributed by atoms with Crippen molar-refractivity contribution in [3.63, 3.8) is 0 Å². The van der Waals surface area contributed by atoms with Crippen LogP contribution in [0.15, 0.2) is 90.7 Å². The maximum atomic E-state index is 12.7. The molecular weight excluding hydrogens is 446 g/mol. The summed E-state index contributed by atoms with van der Waals surface area (Å²) in [6.07, 6.45) is 11.7. The zero-order valence-corrected chi connectivity index (χ0v) is 19.4. The minimum atomic E-state index is -0.677. The molecule has 0 saturated carbocycles. The molecule has 9 heteroatoms. The molecule has 0 saturated heterocycles. The van der Waals surface area contributed by atoms with Crippen LogP contribution in [0.5, 0.6) is 0 Å². The predicted octanol–water partition coefficient (Wildman–Crippen LogP) is 4.08. The van der Waals surface area contributed by atoms with Crippen LogP contribution in [0.2, 0.25) is 0 Å². The van der Waals surface area contributed by atoms with E-state index in [4.69, 9.17) is 9.47 Å². The standard InChI is InChI=1S/C26H23N5O4/c1-17-9-10-19(31-14-5-4-8-20(24(32)34-2)23(31)25(33)35-3)15-22(17)30-26-28-13-11-21(29-26)18-7-6-12-27-16-18/h4-16H,1-3H3,(H,28,29,30). The number of carbonyl (C=O) groups is 2. The van der Waals surface area contributed by atoms with Gasteiger partial charge in [0.1, 0.15) is 5.70 Å². The van der Waals surface area contributed by atoms with E-state index in [1.54, 1.807) is 41.8 Å². The second kappa shape index (κ2) is 10.4. The fraction of sp³-hybridized carbons (Fsp3) is 0.115. The van der Waals surface area contributed by atoms with E-state index < -0.39 is 11.9 Å². The van der Waals surface area contributed by atoms with Crippen LogP contribution < -0.4 is 10.2 Å². The summed E-state index contributed by atoms with van der Waals surface area (Å²) in [6, 6.07) is 11.1. The van der Waals surface area contributed by atoms with Gasteiger partial charge >= 0.3 is 11.9 Å². The van der Waals surface area contributed by atoms with E-state index in [-0.39, 0.29) is 11.3 Å². The second-order valence-electron chi connectivity index (χ2n) is 7.45. The molecule has 1 aromatic carbocycles. The van der Waals surface area contributed by atoms with Gasteiger partial charge in [-0.2, -0.15) is 0 Å². The quantitative estimate of drug-likeness (QED) is 0.534. The first kappa shape index (κ1) is 23.4. The molecule has 0 radical (unpaired) electrons. The Balaban J connectivity index is 1.73. The van der Waals surface area contributed by atoms with Crippen LogP contribution in [0.1, 0.15) is 5.56 Å². The van der Waals surface area contributed by atoms with Gasteiger partial charge in [-0.25, -0.2) is 19.6 Å². The lowest BCUT2D eigenvalue weighted by Gasteiger charge is -2.24. The van der Waals surface area contributed by atoms with Gasteiger partial charge in [0.05, 0.1) is 25.5 Å². The van der Waals surface area contributed by atoms with Crippen LogP contribution in [0, 0.1) is 6.92 Å². The van der Waals surface area contributed by atoms with Crippen LogP contribution in [0.3, 0.4) is 0 Å². The van der Waals surface area contributed by atoms with Gasteiger partial charge in [0.2, 0.25) is 5.95 Å². The molecule has 0 bridgehead atoms. The third-order valence-electron chi connectivity index (χ3n) is 5.25. The minimum Gasteiger partial charge on any atom is -0.465 e. The number of nitrogens with zero attached hydrogens (tertiary/aromatic N) is 4. The minimum absolute atomic E-state index is 0.0361. The highest BCUT2D eigenvalue weighted by Gasteiger charge is 2.27. The Labute approximate surface area is 202 Å². The van der Waals surface area contributed by atoms with Gasteiger partial charge in [-0.15, -0.1) is 0 Å². The Hall–Kier alpha value is -4.79. The molecule has 2 aromatic heterocycles. The van der Waals surface area contributed by atoms with Gasteiger partial charge in [-0.1, -0.05) is 12.1 Å². The molecule has 176 valence electrons. The number of carbonyl (C=O) groups excluding carboxylic acids is 2. The number of methoxy groups -OCH3 is 2. The lowest BCUT2D eigenvalue weighted by atomic mass is 10.1. The SMILES string of the molecule is COC(=O)C1=C(C(=O)OC)N(c2ccc(C)c(Nc3nccc(-c4cccnc4)n3)c2)C=CC=C1. The number of hydrogen-bond donors (Lipinski definition) is 1. The summed E-state index contributed by atoms with van der Waals surface area (Å²) in [6.45, 7) is 1.94. The zero-order valence-electron chi connectivity index (χ0n) is 19.4. The number of nitrogens with one attached hydrogen (secondary N) is 1. The van der Waals surface area contributed by atoms with Gasteiger partial charge in [-0.05, 0) is 55.0 Å². The molecule has 9 nitrogen and oxygen atoms in total. The smallest absolute Gasteiger partial charge is 0.355 e. The van der Waals surface area contributed by atoms with Crippen molar-refractivity contribution in [2.24, 2.45) is 0 Å². The van der Waals surface area contributed by atoms with Crippen molar-refractivity contribution in [2.75, 3.05) is 24.4 Å². The average Bonchev–Trinajstić information content (AvgIpc) is 3.13. The van der Waals surface area contributed by atoms with Crippen LogP contribution >= 0.6 is 0 Å². The van der Waals surface area contributed by atoms with E-state index in [0.717, 1.165) is 22.5 Å². The number of hydrogen-bond acceptors (Lipinski definition) is 9. The normalized spacial score (nSPS) is 12.8. The molecule has 0 spiro atoms. The van der Waals surface area contributed by atoms with E-state index in [0.29, 0.717) is 11.6 Å². The Bertz CT molecular complexity index is 1350. The van der Waals surface area contributed by atoms with E-state index in [2.05, 4.69) is 20.3 Å². The molecule has 0 atom stereocenters. The third kappa shape index (κ3) is 5.09. The number of anilines is 3. The average molecular weight is 470 g/mol. The van der Waals surface area contributed by atoms with Crippen molar-refractivity contribution in [2.45, 2.75) is 6.92 Å². The third-order valence-corrected chi connectivity index (χ3v) is 5.25. The molecule has 0 amide bonds. The Morgan fingerprint density at radius 2 is 1.83 bits per heavy atom. The summed E-state index contributed by atoms with van der Waals surface area (Å²) in [5.41, 5.74) is 3.97. The Kier molecular flexibility index (Phi) is 6.96.